The van der Waals surface area contributed by atoms with Crippen molar-refractivity contribution in [2.75, 3.05) is 5.88 Å². The highest BCUT2D eigenvalue weighted by molar-refractivity contribution is 6.18. The number of halogens is 1. The molecule has 1 aromatic rings. The maximum absolute atomic E-state index is 11.7. The van der Waals surface area contributed by atoms with E-state index in [-0.39, 0.29) is 11.8 Å². The molecule has 0 saturated heterocycles. The highest BCUT2D eigenvalue weighted by atomic mass is 35.5. The van der Waals surface area contributed by atoms with E-state index in [9.17, 15) is 9.59 Å². The summed E-state index contributed by atoms with van der Waals surface area (Å²) in [4.78, 5) is 23.4. The summed E-state index contributed by atoms with van der Waals surface area (Å²) in [6, 6.07) is 6.61. The van der Waals surface area contributed by atoms with Crippen molar-refractivity contribution in [1.82, 2.24) is 0 Å². The molecule has 0 aliphatic carbocycles. The van der Waals surface area contributed by atoms with Crippen molar-refractivity contribution < 1.29 is 14.3 Å². The summed E-state index contributed by atoms with van der Waals surface area (Å²) in [6.07, 6.45) is 1.10. The molecule has 1 rings (SSSR count). The summed E-state index contributed by atoms with van der Waals surface area (Å²) in [5, 5.41) is 0. The van der Waals surface area contributed by atoms with E-state index in [1.807, 2.05) is 0 Å². The van der Waals surface area contributed by atoms with Crippen LogP contribution in [0.4, 0.5) is 0 Å². The Kier molecular flexibility index (Phi) is 5.55. The van der Waals surface area contributed by atoms with E-state index in [1.165, 1.54) is 0 Å². The minimum Gasteiger partial charge on any atom is -0.426 e. The Morgan fingerprint density at radius 1 is 1.16 bits per heavy atom. The van der Waals surface area contributed by atoms with Gasteiger partial charge < -0.3 is 4.74 Å². The first-order valence-electron chi connectivity index (χ1n) is 6.26. The fourth-order valence-corrected chi connectivity index (χ4v) is 1.47. The Bertz CT molecular complexity index is 443. The number of Topliss-reactive ketones (excluding diaryl/α,β-unsaturated/α-hetero) is 1. The normalized spacial score (nSPS) is 11.2. The molecule has 0 N–H and O–H groups in total. The Hall–Kier alpha value is -1.35. The zero-order valence-electron chi connectivity index (χ0n) is 11.5. The molecule has 0 radical (unpaired) electrons. The highest BCUT2D eigenvalue weighted by Crippen LogP contribution is 2.20. The third kappa shape index (κ3) is 5.03. The number of hydrogen-bond acceptors (Lipinski definition) is 3. The lowest BCUT2D eigenvalue weighted by atomic mass is 9.97. The van der Waals surface area contributed by atoms with Crippen LogP contribution >= 0.6 is 11.6 Å². The van der Waals surface area contributed by atoms with Crippen molar-refractivity contribution in [2.45, 2.75) is 33.6 Å². The van der Waals surface area contributed by atoms with Crippen LogP contribution in [0, 0.1) is 5.41 Å². The summed E-state index contributed by atoms with van der Waals surface area (Å²) in [5.41, 5.74) is 0.0649. The number of benzene rings is 1. The first-order chi connectivity index (χ1) is 8.84. The van der Waals surface area contributed by atoms with Crippen molar-refractivity contribution in [2.24, 2.45) is 5.41 Å². The van der Waals surface area contributed by atoms with E-state index in [4.69, 9.17) is 16.3 Å². The smallest absolute Gasteiger partial charge is 0.316 e. The largest absolute Gasteiger partial charge is 0.426 e. The molecule has 4 heteroatoms. The molecular weight excluding hydrogens is 264 g/mol. The first kappa shape index (κ1) is 15.7. The minimum absolute atomic E-state index is 0.0503. The molecule has 0 unspecified atom stereocenters. The topological polar surface area (TPSA) is 43.4 Å². The summed E-state index contributed by atoms with van der Waals surface area (Å²) < 4.78 is 5.22. The lowest BCUT2D eigenvalue weighted by Gasteiger charge is -2.16. The number of ketones is 1. The third-order valence-corrected chi connectivity index (χ3v) is 2.80. The van der Waals surface area contributed by atoms with Crippen LogP contribution in [0.15, 0.2) is 24.3 Å². The van der Waals surface area contributed by atoms with Gasteiger partial charge in [-0.15, -0.1) is 11.6 Å². The van der Waals surface area contributed by atoms with E-state index < -0.39 is 5.41 Å². The minimum atomic E-state index is -0.547. The van der Waals surface area contributed by atoms with Gasteiger partial charge in [0.25, 0.3) is 0 Å². The quantitative estimate of drug-likeness (QED) is 0.357. The van der Waals surface area contributed by atoms with Crippen LogP contribution in [0.2, 0.25) is 0 Å². The van der Waals surface area contributed by atoms with Crippen LogP contribution in [0.1, 0.15) is 44.0 Å². The summed E-state index contributed by atoms with van der Waals surface area (Å²) in [6.45, 7) is 5.37. The predicted octanol–water partition coefficient (Wildman–Crippen LogP) is 3.84. The van der Waals surface area contributed by atoms with Gasteiger partial charge >= 0.3 is 5.97 Å². The molecule has 3 nitrogen and oxygen atoms in total. The fourth-order valence-electron chi connectivity index (χ4n) is 1.34. The predicted molar refractivity (Wildman–Crippen MR) is 75.8 cm³/mol. The molecule has 0 heterocycles. The number of carbonyl (C=O) groups is 2. The molecule has 0 bridgehead atoms. The zero-order valence-corrected chi connectivity index (χ0v) is 12.3. The van der Waals surface area contributed by atoms with Crippen molar-refractivity contribution in [1.29, 1.82) is 0 Å². The average molecular weight is 283 g/mol. The fraction of sp³-hybridized carbons (Fsp3) is 0.467. The monoisotopic (exact) mass is 282 g/mol. The van der Waals surface area contributed by atoms with Gasteiger partial charge in [0, 0.05) is 17.9 Å². The molecule has 0 spiro atoms. The summed E-state index contributed by atoms with van der Waals surface area (Å²) in [5.74, 6) is 0.685. The third-order valence-electron chi connectivity index (χ3n) is 2.54. The highest BCUT2D eigenvalue weighted by Gasteiger charge is 2.23. The Morgan fingerprint density at radius 2 is 1.74 bits per heavy atom. The number of carbonyl (C=O) groups excluding carboxylic acids is 2. The van der Waals surface area contributed by atoms with Gasteiger partial charge in [-0.25, -0.2) is 0 Å². The number of hydrogen-bond donors (Lipinski definition) is 0. The van der Waals surface area contributed by atoms with E-state index in [2.05, 4.69) is 0 Å². The number of ether oxygens (including phenoxy) is 1. The van der Waals surface area contributed by atoms with Gasteiger partial charge in [0.05, 0.1) is 5.41 Å². The van der Waals surface area contributed by atoms with Crippen molar-refractivity contribution >= 4 is 23.4 Å². The van der Waals surface area contributed by atoms with Crippen LogP contribution < -0.4 is 4.74 Å². The molecular formula is C15H19ClO3. The van der Waals surface area contributed by atoms with E-state index >= 15 is 0 Å². The average Bonchev–Trinajstić information content (AvgIpc) is 2.35. The SMILES string of the molecule is CC(C)(C)C(=O)Oc1ccc(C(=O)CCCCl)cc1. The van der Waals surface area contributed by atoms with Crippen LogP contribution in [0.25, 0.3) is 0 Å². The number of alkyl halides is 1. The molecule has 0 atom stereocenters. The molecule has 104 valence electrons. The second-order valence-electron chi connectivity index (χ2n) is 5.38. The van der Waals surface area contributed by atoms with Crippen molar-refractivity contribution in [3.63, 3.8) is 0 Å². The van der Waals surface area contributed by atoms with E-state index in [1.54, 1.807) is 45.0 Å². The van der Waals surface area contributed by atoms with Gasteiger partial charge in [0.15, 0.2) is 5.78 Å². The maximum Gasteiger partial charge on any atom is 0.316 e. The maximum atomic E-state index is 11.7. The van der Waals surface area contributed by atoms with Gasteiger partial charge in [-0.1, -0.05) is 0 Å². The van der Waals surface area contributed by atoms with Crippen molar-refractivity contribution in [3.8, 4) is 5.75 Å². The van der Waals surface area contributed by atoms with Gasteiger partial charge in [-0.2, -0.15) is 0 Å². The summed E-state index contributed by atoms with van der Waals surface area (Å²) >= 11 is 5.55. The second-order valence-corrected chi connectivity index (χ2v) is 5.76. The molecule has 1 aromatic carbocycles. The lowest BCUT2D eigenvalue weighted by Crippen LogP contribution is -2.25. The summed E-state index contributed by atoms with van der Waals surface area (Å²) in [7, 11) is 0. The Morgan fingerprint density at radius 3 is 2.21 bits per heavy atom. The number of rotatable bonds is 5. The van der Waals surface area contributed by atoms with Gasteiger partial charge in [-0.3, -0.25) is 9.59 Å². The number of esters is 1. The molecule has 0 aromatic heterocycles. The van der Waals surface area contributed by atoms with E-state index in [0.717, 1.165) is 0 Å². The molecule has 0 aliphatic rings. The van der Waals surface area contributed by atoms with Crippen molar-refractivity contribution in [3.05, 3.63) is 29.8 Å². The molecule has 0 aliphatic heterocycles. The standard InChI is InChI=1S/C15H19ClO3/c1-15(2,3)14(18)19-12-8-6-11(7-9-12)13(17)5-4-10-16/h6-9H,4-5,10H2,1-3H3. The van der Waals surface area contributed by atoms with E-state index in [0.29, 0.717) is 30.0 Å². The lowest BCUT2D eigenvalue weighted by molar-refractivity contribution is -0.142. The second kappa shape index (κ2) is 6.71. The Labute approximate surface area is 118 Å². The van der Waals surface area contributed by atoms with Gasteiger partial charge in [0.2, 0.25) is 0 Å². The van der Waals surface area contributed by atoms with Gasteiger partial charge in [0.1, 0.15) is 5.75 Å². The molecule has 0 saturated carbocycles. The van der Waals surface area contributed by atoms with Crippen LogP contribution in [-0.4, -0.2) is 17.6 Å². The van der Waals surface area contributed by atoms with Crippen LogP contribution in [0.3, 0.4) is 0 Å². The van der Waals surface area contributed by atoms with Gasteiger partial charge in [-0.05, 0) is 51.5 Å². The molecule has 19 heavy (non-hydrogen) atoms. The van der Waals surface area contributed by atoms with Crippen LogP contribution in [0.5, 0.6) is 5.75 Å². The molecule has 0 amide bonds. The van der Waals surface area contributed by atoms with Crippen LogP contribution in [-0.2, 0) is 4.79 Å². The Balaban J connectivity index is 2.67. The zero-order chi connectivity index (χ0) is 14.5. The first-order valence-corrected chi connectivity index (χ1v) is 6.79. The molecule has 0 fully saturated rings.